The zero-order valence-corrected chi connectivity index (χ0v) is 14.0. The molecule has 0 fully saturated rings. The molecule has 140 valence electrons. The molecule has 0 heterocycles. The lowest BCUT2D eigenvalue weighted by Crippen LogP contribution is -2.30. The van der Waals surface area contributed by atoms with Gasteiger partial charge in [0.1, 0.15) is 12.0 Å². The Balaban J connectivity index is 1.73. The van der Waals surface area contributed by atoms with Crippen molar-refractivity contribution in [2.45, 2.75) is 11.7 Å². The van der Waals surface area contributed by atoms with Crippen molar-refractivity contribution < 1.29 is 42.5 Å². The second kappa shape index (κ2) is 9.43. The Kier molecular flexibility index (Phi) is 7.27. The van der Waals surface area contributed by atoms with Crippen LogP contribution >= 0.6 is 12.0 Å². The van der Waals surface area contributed by atoms with Crippen molar-refractivity contribution in [3.63, 3.8) is 0 Å². The summed E-state index contributed by atoms with van der Waals surface area (Å²) < 4.78 is 38.4. The molecule has 0 atom stereocenters. The van der Waals surface area contributed by atoms with Crippen LogP contribution in [-0.2, 0) is 34.9 Å². The fourth-order valence-electron chi connectivity index (χ4n) is 2.02. The van der Waals surface area contributed by atoms with Gasteiger partial charge >= 0.3 is 17.2 Å². The second-order valence-corrected chi connectivity index (χ2v) is 5.78. The summed E-state index contributed by atoms with van der Waals surface area (Å²) in [6.45, 7) is -1.00. The predicted molar refractivity (Wildman–Crippen MR) is 84.3 cm³/mol. The van der Waals surface area contributed by atoms with E-state index in [-0.39, 0.29) is 6.61 Å². The molecule has 26 heavy (non-hydrogen) atoms. The van der Waals surface area contributed by atoms with Crippen LogP contribution in [0.4, 0.5) is 8.78 Å². The van der Waals surface area contributed by atoms with Gasteiger partial charge in [-0.05, 0) is 16.3 Å². The minimum Gasteiger partial charge on any atom is -0.691 e. The van der Waals surface area contributed by atoms with Crippen LogP contribution in [0.5, 0.6) is 0 Å². The molecule has 0 radical (unpaired) electrons. The van der Waals surface area contributed by atoms with E-state index in [4.69, 9.17) is 4.74 Å². The summed E-state index contributed by atoms with van der Waals surface area (Å²) in [5, 5.41) is 10.1. The quantitative estimate of drug-likeness (QED) is 0.279. The van der Waals surface area contributed by atoms with Crippen molar-refractivity contribution >= 4 is 34.8 Å². The Morgan fingerprint density at radius 1 is 1.08 bits per heavy atom. The average molecular weight is 387 g/mol. The molecule has 10 heteroatoms. The number of fused-ring (bicyclic) bond motifs is 1. The largest absolute Gasteiger partial charge is 0.691 e. The molecule has 0 bridgehead atoms. The summed E-state index contributed by atoms with van der Waals surface area (Å²) in [6, 6.07) is 13.5. The highest BCUT2D eigenvalue weighted by atomic mass is 32.2. The SMILES string of the molecule is O=C(COC(=O)C(F)(F)SOO[O-])OCCc1ccc2ccccc2c1. The maximum Gasteiger partial charge on any atom is 0.415 e. The normalized spacial score (nSPS) is 11.3. The van der Waals surface area contributed by atoms with Crippen LogP contribution in [0.3, 0.4) is 0 Å². The van der Waals surface area contributed by atoms with Gasteiger partial charge in [-0.25, -0.2) is 9.59 Å². The monoisotopic (exact) mass is 387 g/mol. The molecule has 0 aromatic heterocycles. The van der Waals surface area contributed by atoms with E-state index >= 15 is 0 Å². The first-order valence-corrected chi connectivity index (χ1v) is 7.99. The number of alkyl halides is 2. The number of hydrogen-bond acceptors (Lipinski definition) is 8. The first-order valence-electron chi connectivity index (χ1n) is 7.25. The van der Waals surface area contributed by atoms with Gasteiger partial charge in [-0.2, -0.15) is 13.1 Å². The summed E-state index contributed by atoms with van der Waals surface area (Å²) in [5.41, 5.74) is 0.922. The number of carbonyl (C=O) groups is 2. The van der Waals surface area contributed by atoms with Gasteiger partial charge in [0, 0.05) is 6.42 Å². The number of carbonyl (C=O) groups excluding carboxylic acids is 2. The molecular formula is C16H13F2O7S-. The molecule has 0 spiro atoms. The van der Waals surface area contributed by atoms with Crippen molar-refractivity contribution in [3.8, 4) is 0 Å². The fraction of sp³-hybridized carbons (Fsp3) is 0.250. The Hall–Kier alpha value is -2.27. The lowest BCUT2D eigenvalue weighted by molar-refractivity contribution is -0.777. The smallest absolute Gasteiger partial charge is 0.415 e. The summed E-state index contributed by atoms with van der Waals surface area (Å²) >= 11 is -0.840. The van der Waals surface area contributed by atoms with E-state index in [1.165, 1.54) is 0 Å². The van der Waals surface area contributed by atoms with E-state index in [1.54, 1.807) is 0 Å². The fourth-order valence-corrected chi connectivity index (χ4v) is 2.26. The van der Waals surface area contributed by atoms with Crippen LogP contribution in [0.1, 0.15) is 5.56 Å². The molecule has 0 unspecified atom stereocenters. The zero-order valence-electron chi connectivity index (χ0n) is 13.2. The standard InChI is InChI=1S/C16H14F2O7S/c17-16(18,26-25-24-21)15(20)23-10-14(19)22-8-7-11-5-6-12-3-1-2-4-13(12)9-11/h1-6,9,21H,7-8,10H2/p-1. The minimum atomic E-state index is -4.20. The van der Waals surface area contributed by atoms with Crippen LogP contribution in [0, 0.1) is 0 Å². The van der Waals surface area contributed by atoms with E-state index in [0.29, 0.717) is 6.42 Å². The molecule has 0 aliphatic carbocycles. The van der Waals surface area contributed by atoms with E-state index < -0.39 is 35.8 Å². The molecule has 0 amide bonds. The van der Waals surface area contributed by atoms with Gasteiger partial charge in [-0.15, -0.1) is 0 Å². The van der Waals surface area contributed by atoms with Crippen molar-refractivity contribution in [3.05, 3.63) is 48.0 Å². The van der Waals surface area contributed by atoms with Gasteiger partial charge < -0.3 is 14.7 Å². The van der Waals surface area contributed by atoms with E-state index in [2.05, 4.69) is 14.1 Å². The Labute approximate surface area is 150 Å². The Morgan fingerprint density at radius 2 is 1.81 bits per heavy atom. The van der Waals surface area contributed by atoms with Crippen LogP contribution in [-0.4, -0.2) is 30.4 Å². The highest BCUT2D eigenvalue weighted by molar-refractivity contribution is 7.96. The number of halogens is 2. The van der Waals surface area contributed by atoms with Gasteiger partial charge in [0.2, 0.25) is 0 Å². The molecule has 0 aliphatic rings. The molecule has 0 saturated heterocycles. The van der Waals surface area contributed by atoms with Crippen LogP contribution in [0.2, 0.25) is 0 Å². The molecule has 0 aliphatic heterocycles. The molecule has 2 aromatic carbocycles. The minimum absolute atomic E-state index is 0.00694. The Bertz CT molecular complexity index is 769. The van der Waals surface area contributed by atoms with E-state index in [0.717, 1.165) is 16.3 Å². The average Bonchev–Trinajstić information content (AvgIpc) is 2.64. The molecular weight excluding hydrogens is 374 g/mol. The zero-order chi connectivity index (χ0) is 19.0. The first kappa shape index (κ1) is 20.0. The first-order chi connectivity index (χ1) is 12.4. The second-order valence-electron chi connectivity index (χ2n) is 4.96. The third-order valence-electron chi connectivity index (χ3n) is 3.19. The number of benzene rings is 2. The lowest BCUT2D eigenvalue weighted by atomic mass is 10.1. The molecule has 2 aromatic rings. The lowest BCUT2D eigenvalue weighted by Gasteiger charge is -2.13. The molecule has 7 nitrogen and oxygen atoms in total. The summed E-state index contributed by atoms with van der Waals surface area (Å²) in [6.07, 6.45) is 0.408. The maximum absolute atomic E-state index is 13.0. The maximum atomic E-state index is 13.0. The Morgan fingerprint density at radius 3 is 2.54 bits per heavy atom. The van der Waals surface area contributed by atoms with Gasteiger partial charge in [0.25, 0.3) is 0 Å². The number of rotatable bonds is 9. The molecule has 0 saturated carbocycles. The van der Waals surface area contributed by atoms with Gasteiger partial charge in [0.15, 0.2) is 6.61 Å². The third kappa shape index (κ3) is 5.92. The van der Waals surface area contributed by atoms with Crippen LogP contribution < -0.4 is 5.26 Å². The number of esters is 2. The van der Waals surface area contributed by atoms with Crippen molar-refractivity contribution in [2.75, 3.05) is 13.2 Å². The van der Waals surface area contributed by atoms with E-state index in [1.807, 2.05) is 42.5 Å². The summed E-state index contributed by atoms with van der Waals surface area (Å²) in [4.78, 5) is 22.5. The van der Waals surface area contributed by atoms with Gasteiger partial charge in [0.05, 0.1) is 6.61 Å². The van der Waals surface area contributed by atoms with Crippen molar-refractivity contribution in [1.82, 2.24) is 0 Å². The molecule has 2 rings (SSSR count). The number of hydrogen-bond donors (Lipinski definition) is 0. The molecule has 0 N–H and O–H groups in total. The summed E-state index contributed by atoms with van der Waals surface area (Å²) in [5.74, 6) is -3.05. The van der Waals surface area contributed by atoms with Crippen LogP contribution in [0.25, 0.3) is 10.8 Å². The van der Waals surface area contributed by atoms with Crippen LogP contribution in [0.15, 0.2) is 42.5 Å². The highest BCUT2D eigenvalue weighted by Gasteiger charge is 2.44. The van der Waals surface area contributed by atoms with Gasteiger partial charge in [-0.3, -0.25) is 5.04 Å². The predicted octanol–water partition coefficient (Wildman–Crippen LogP) is 1.93. The summed E-state index contributed by atoms with van der Waals surface area (Å²) in [7, 11) is 0. The number of ether oxygens (including phenoxy) is 2. The third-order valence-corrected chi connectivity index (χ3v) is 3.69. The highest BCUT2D eigenvalue weighted by Crippen LogP contribution is 2.30. The van der Waals surface area contributed by atoms with E-state index in [9.17, 15) is 23.6 Å². The topological polar surface area (TPSA) is 94.1 Å². The van der Waals surface area contributed by atoms with Gasteiger partial charge in [-0.1, -0.05) is 42.5 Å². The van der Waals surface area contributed by atoms with Crippen molar-refractivity contribution in [1.29, 1.82) is 0 Å². The van der Waals surface area contributed by atoms with Crippen molar-refractivity contribution in [2.24, 2.45) is 0 Å².